The van der Waals surface area contributed by atoms with Crippen molar-refractivity contribution in [2.75, 3.05) is 62.7 Å². The van der Waals surface area contributed by atoms with Gasteiger partial charge < -0.3 is 20.3 Å². The fraction of sp³-hybridized carbons (Fsp3) is 0.394. The summed E-state index contributed by atoms with van der Waals surface area (Å²) in [7, 11) is 0. The molecule has 0 unspecified atom stereocenters. The Morgan fingerprint density at radius 3 is 2.41 bits per heavy atom. The van der Waals surface area contributed by atoms with Crippen LogP contribution >= 0.6 is 15.9 Å². The lowest BCUT2D eigenvalue weighted by Crippen LogP contribution is -2.38. The molecule has 216 valence electrons. The summed E-state index contributed by atoms with van der Waals surface area (Å²) in [5, 5.41) is 6.12. The van der Waals surface area contributed by atoms with Gasteiger partial charge in [0.15, 0.2) is 0 Å². The van der Waals surface area contributed by atoms with E-state index in [0.29, 0.717) is 29.3 Å². The molecule has 2 heterocycles. The van der Waals surface area contributed by atoms with Crippen molar-refractivity contribution in [3.63, 3.8) is 0 Å². The molecule has 0 atom stereocenters. The van der Waals surface area contributed by atoms with Crippen LogP contribution in [-0.2, 0) is 11.2 Å². The summed E-state index contributed by atoms with van der Waals surface area (Å²) in [5.41, 5.74) is 4.07. The fourth-order valence-corrected chi connectivity index (χ4v) is 6.05. The number of nitrogens with one attached hydrogen (secondary N) is 2. The van der Waals surface area contributed by atoms with E-state index in [1.54, 1.807) is 12.1 Å². The lowest BCUT2D eigenvalue weighted by Gasteiger charge is -2.35. The predicted molar refractivity (Wildman–Crippen MR) is 168 cm³/mol. The summed E-state index contributed by atoms with van der Waals surface area (Å²) >= 11 is 3.43. The van der Waals surface area contributed by atoms with E-state index in [0.717, 1.165) is 81.8 Å². The van der Waals surface area contributed by atoms with Crippen LogP contribution in [-0.4, -0.2) is 69.2 Å². The molecule has 0 saturated carbocycles. The van der Waals surface area contributed by atoms with Crippen LogP contribution in [0.25, 0.3) is 0 Å². The zero-order chi connectivity index (χ0) is 28.4. The van der Waals surface area contributed by atoms with Gasteiger partial charge in [0.1, 0.15) is 0 Å². The number of hydrogen-bond donors (Lipinski definition) is 2. The normalized spacial score (nSPS) is 16.4. The van der Waals surface area contributed by atoms with Crippen LogP contribution in [0.3, 0.4) is 0 Å². The van der Waals surface area contributed by atoms with Crippen LogP contribution in [0.15, 0.2) is 77.3 Å². The molecule has 3 aromatic carbocycles. The molecule has 3 aromatic rings. The van der Waals surface area contributed by atoms with E-state index in [1.165, 1.54) is 5.56 Å². The minimum atomic E-state index is -0.211. The van der Waals surface area contributed by atoms with Crippen molar-refractivity contribution in [1.29, 1.82) is 0 Å². The third-order valence-electron chi connectivity index (χ3n) is 7.95. The van der Waals surface area contributed by atoms with E-state index in [1.807, 2.05) is 30.3 Å². The van der Waals surface area contributed by atoms with Gasteiger partial charge in [-0.1, -0.05) is 52.3 Å². The number of anilines is 2. The van der Waals surface area contributed by atoms with Gasteiger partial charge in [-0.2, -0.15) is 0 Å². The number of morpholine rings is 1. The van der Waals surface area contributed by atoms with Crippen LogP contribution in [0.5, 0.6) is 0 Å². The number of piperidine rings is 1. The summed E-state index contributed by atoms with van der Waals surface area (Å²) in [6.07, 6.45) is 4.13. The molecule has 2 N–H and O–H groups in total. The Morgan fingerprint density at radius 2 is 1.66 bits per heavy atom. The van der Waals surface area contributed by atoms with Gasteiger partial charge in [0.05, 0.1) is 18.8 Å². The highest BCUT2D eigenvalue weighted by Gasteiger charge is 2.24. The first-order chi connectivity index (χ1) is 20.0. The van der Waals surface area contributed by atoms with Crippen molar-refractivity contribution in [2.45, 2.75) is 25.7 Å². The minimum Gasteiger partial charge on any atom is -0.379 e. The number of nitrogens with zero attached hydrogens (tertiary/aromatic N) is 2. The summed E-state index contributed by atoms with van der Waals surface area (Å²) in [6.45, 7) is 6.77. The average molecular weight is 620 g/mol. The highest BCUT2D eigenvalue weighted by molar-refractivity contribution is 9.10. The molecule has 7 nitrogen and oxygen atoms in total. The number of rotatable bonds is 10. The van der Waals surface area contributed by atoms with Crippen molar-refractivity contribution in [1.82, 2.24) is 10.2 Å². The van der Waals surface area contributed by atoms with Gasteiger partial charge >= 0.3 is 0 Å². The van der Waals surface area contributed by atoms with Gasteiger partial charge in [0.25, 0.3) is 11.8 Å². The molecule has 2 aliphatic rings. The third kappa shape index (κ3) is 8.41. The Hall–Kier alpha value is -3.20. The van der Waals surface area contributed by atoms with Crippen molar-refractivity contribution in [3.05, 3.63) is 94.0 Å². The van der Waals surface area contributed by atoms with Gasteiger partial charge in [-0.25, -0.2) is 0 Å². The van der Waals surface area contributed by atoms with Gasteiger partial charge in [-0.3, -0.25) is 14.5 Å². The standard InChI is InChI=1S/C33H39BrN4O3/c34-28-9-4-8-27(23-28)32(39)36-29-10-11-31(38-16-12-26(13-17-38)22-25-6-2-1-3-7-25)30(24-29)33(40)35-14-5-15-37-18-20-41-21-19-37/h1-4,6-11,23-24,26H,5,12-22H2,(H,35,40)(H,36,39). The molecular formula is C33H39BrN4O3. The number of carbonyl (C=O) groups is 2. The Balaban J connectivity index is 1.26. The molecule has 41 heavy (non-hydrogen) atoms. The van der Waals surface area contributed by atoms with Gasteiger partial charge in [0.2, 0.25) is 0 Å². The van der Waals surface area contributed by atoms with Crippen molar-refractivity contribution in [2.24, 2.45) is 5.92 Å². The van der Waals surface area contributed by atoms with Gasteiger partial charge in [-0.05, 0) is 80.1 Å². The van der Waals surface area contributed by atoms with E-state index in [4.69, 9.17) is 4.74 Å². The number of hydrogen-bond acceptors (Lipinski definition) is 5. The monoisotopic (exact) mass is 618 g/mol. The minimum absolute atomic E-state index is 0.105. The molecular weight excluding hydrogens is 580 g/mol. The number of amides is 2. The van der Waals surface area contributed by atoms with Crippen LogP contribution in [0.1, 0.15) is 45.5 Å². The Labute approximate surface area is 251 Å². The molecule has 2 saturated heterocycles. The maximum Gasteiger partial charge on any atom is 0.255 e. The highest BCUT2D eigenvalue weighted by atomic mass is 79.9. The predicted octanol–water partition coefficient (Wildman–Crippen LogP) is 5.61. The van der Waals surface area contributed by atoms with Gasteiger partial charge in [0, 0.05) is 54.1 Å². The second-order valence-electron chi connectivity index (χ2n) is 10.9. The summed E-state index contributed by atoms with van der Waals surface area (Å²) in [6, 6.07) is 23.7. The SMILES string of the molecule is O=C(Nc1ccc(N2CCC(Cc3ccccc3)CC2)c(C(=O)NCCCN2CCOCC2)c1)c1cccc(Br)c1. The first-order valence-corrected chi connectivity index (χ1v) is 15.4. The number of carbonyl (C=O) groups excluding carboxylic acids is 2. The molecule has 0 radical (unpaired) electrons. The zero-order valence-electron chi connectivity index (χ0n) is 23.5. The second kappa shape index (κ2) is 14.6. The maximum atomic E-state index is 13.5. The summed E-state index contributed by atoms with van der Waals surface area (Å²) < 4.78 is 6.27. The smallest absolute Gasteiger partial charge is 0.255 e. The Kier molecular flexibility index (Phi) is 10.4. The molecule has 2 fully saturated rings. The van der Waals surface area contributed by atoms with Crippen molar-refractivity contribution < 1.29 is 14.3 Å². The Bertz CT molecular complexity index is 1300. The van der Waals surface area contributed by atoms with Gasteiger partial charge in [-0.15, -0.1) is 0 Å². The maximum absolute atomic E-state index is 13.5. The quantitative estimate of drug-likeness (QED) is 0.289. The van der Waals surface area contributed by atoms with Crippen molar-refractivity contribution >= 4 is 39.1 Å². The molecule has 2 amide bonds. The zero-order valence-corrected chi connectivity index (χ0v) is 25.1. The van der Waals surface area contributed by atoms with Crippen LogP contribution < -0.4 is 15.5 Å². The van der Waals surface area contributed by atoms with E-state index >= 15 is 0 Å². The molecule has 2 aliphatic heterocycles. The van der Waals surface area contributed by atoms with Crippen molar-refractivity contribution in [3.8, 4) is 0 Å². The second-order valence-corrected chi connectivity index (χ2v) is 11.8. The van der Waals surface area contributed by atoms with Crippen LogP contribution in [0.2, 0.25) is 0 Å². The van der Waals surface area contributed by atoms with Crippen LogP contribution in [0.4, 0.5) is 11.4 Å². The Morgan fingerprint density at radius 1 is 0.878 bits per heavy atom. The lowest BCUT2D eigenvalue weighted by atomic mass is 9.89. The number of ether oxygens (including phenoxy) is 1. The molecule has 8 heteroatoms. The molecule has 5 rings (SSSR count). The number of halogens is 1. The van der Waals surface area contributed by atoms with E-state index < -0.39 is 0 Å². The third-order valence-corrected chi connectivity index (χ3v) is 8.44. The summed E-state index contributed by atoms with van der Waals surface area (Å²) in [4.78, 5) is 31.1. The summed E-state index contributed by atoms with van der Waals surface area (Å²) in [5.74, 6) is 0.319. The molecule has 0 spiro atoms. The van der Waals surface area contributed by atoms with E-state index in [9.17, 15) is 9.59 Å². The van der Waals surface area contributed by atoms with Crippen LogP contribution in [0, 0.1) is 5.92 Å². The largest absolute Gasteiger partial charge is 0.379 e. The number of benzene rings is 3. The topological polar surface area (TPSA) is 73.9 Å². The van der Waals surface area contributed by atoms with E-state index in [2.05, 4.69) is 66.7 Å². The molecule has 0 aliphatic carbocycles. The fourth-order valence-electron chi connectivity index (χ4n) is 5.65. The van der Waals surface area contributed by atoms with E-state index in [-0.39, 0.29) is 11.8 Å². The highest BCUT2D eigenvalue weighted by Crippen LogP contribution is 2.30. The lowest BCUT2D eigenvalue weighted by molar-refractivity contribution is 0.0374. The average Bonchev–Trinajstić information content (AvgIpc) is 3.01. The first kappa shape index (κ1) is 29.3. The molecule has 0 aromatic heterocycles. The first-order valence-electron chi connectivity index (χ1n) is 14.6. The molecule has 0 bridgehead atoms.